The van der Waals surface area contributed by atoms with Gasteiger partial charge in [0.2, 0.25) is 0 Å². The second-order valence-corrected chi connectivity index (χ2v) is 2.06. The topological polar surface area (TPSA) is 52.5 Å². The van der Waals surface area contributed by atoms with Gasteiger partial charge in [-0.25, -0.2) is 0 Å². The first-order chi connectivity index (χ1) is 4.85. The molecule has 0 bridgehead atoms. The molecule has 0 amide bonds. The summed E-state index contributed by atoms with van der Waals surface area (Å²) < 4.78 is 11.5. The van der Waals surface area contributed by atoms with Crippen LogP contribution in [0.25, 0.3) is 0 Å². The van der Waals surface area contributed by atoms with E-state index >= 15 is 0 Å². The van der Waals surface area contributed by atoms with E-state index in [0.29, 0.717) is 13.0 Å². The summed E-state index contributed by atoms with van der Waals surface area (Å²) in [6, 6.07) is -0.299. The molecular weight excluding hydrogens is 137 g/mol. The zero-order valence-corrected chi connectivity index (χ0v) is 5.89. The zero-order valence-electron chi connectivity index (χ0n) is 5.89. The first-order valence-corrected chi connectivity index (χ1v) is 3.36. The van der Waals surface area contributed by atoms with Crippen molar-refractivity contribution in [1.29, 1.82) is 0 Å². The lowest BCUT2D eigenvalue weighted by atomic mass is 10.3. The molecule has 0 radical (unpaired) electrons. The van der Waals surface area contributed by atoms with E-state index in [1.165, 1.54) is 0 Å². The van der Waals surface area contributed by atoms with Crippen molar-refractivity contribution in [3.8, 4) is 0 Å². The first kappa shape index (κ1) is 9.81. The molecule has 0 spiro atoms. The largest absolute Gasteiger partial charge is 0.395 e. The zero-order chi connectivity index (χ0) is 7.82. The van der Waals surface area contributed by atoms with Gasteiger partial charge in [0.15, 0.2) is 0 Å². The van der Waals surface area contributed by atoms with Gasteiger partial charge in [0, 0.05) is 0 Å². The fraction of sp³-hybridized carbons (Fsp3) is 1.00. The quantitative estimate of drug-likeness (QED) is 0.439. The van der Waals surface area contributed by atoms with Gasteiger partial charge in [-0.05, 0) is 13.0 Å². The second kappa shape index (κ2) is 6.92. The van der Waals surface area contributed by atoms with Crippen molar-refractivity contribution >= 4 is 0 Å². The number of aliphatic hydroxyl groups excluding tert-OH is 2. The van der Waals surface area contributed by atoms with Gasteiger partial charge < -0.3 is 15.5 Å². The second-order valence-electron chi connectivity index (χ2n) is 2.06. The lowest BCUT2D eigenvalue weighted by molar-refractivity contribution is 0.170. The van der Waals surface area contributed by atoms with Crippen molar-refractivity contribution in [2.45, 2.75) is 12.5 Å². The molecule has 0 atom stereocenters. The molecule has 0 saturated carbocycles. The first-order valence-electron chi connectivity index (χ1n) is 3.36. The van der Waals surface area contributed by atoms with Gasteiger partial charge in [-0.1, -0.05) is 0 Å². The predicted molar refractivity (Wildman–Crippen MR) is 36.6 cm³/mol. The van der Waals surface area contributed by atoms with E-state index in [9.17, 15) is 4.39 Å². The van der Waals surface area contributed by atoms with E-state index in [0.717, 1.165) is 0 Å². The highest BCUT2D eigenvalue weighted by Gasteiger charge is 2.02. The Morgan fingerprint density at radius 2 is 1.90 bits per heavy atom. The SMILES string of the molecule is OCC(CO)NCCCF. The Hall–Kier alpha value is -0.190. The summed E-state index contributed by atoms with van der Waals surface area (Å²) in [6.45, 7) is -0.0789. The molecule has 3 N–H and O–H groups in total. The van der Waals surface area contributed by atoms with Crippen LogP contribution in [0.4, 0.5) is 4.39 Å². The van der Waals surface area contributed by atoms with E-state index in [4.69, 9.17) is 10.2 Å². The van der Waals surface area contributed by atoms with E-state index in [1.807, 2.05) is 0 Å². The van der Waals surface area contributed by atoms with E-state index < -0.39 is 0 Å². The van der Waals surface area contributed by atoms with E-state index in [1.54, 1.807) is 0 Å². The van der Waals surface area contributed by atoms with E-state index in [2.05, 4.69) is 5.32 Å². The van der Waals surface area contributed by atoms with E-state index in [-0.39, 0.29) is 25.9 Å². The normalized spacial score (nSPS) is 10.8. The molecule has 0 aliphatic carbocycles. The summed E-state index contributed by atoms with van der Waals surface area (Å²) in [6.07, 6.45) is 0.427. The molecule has 3 nitrogen and oxygen atoms in total. The average Bonchev–Trinajstić information content (AvgIpc) is 1.99. The van der Waals surface area contributed by atoms with Crippen molar-refractivity contribution in [2.75, 3.05) is 26.4 Å². The van der Waals surface area contributed by atoms with Gasteiger partial charge in [-0.3, -0.25) is 4.39 Å². The average molecular weight is 151 g/mol. The summed E-state index contributed by atoms with van der Waals surface area (Å²) in [5, 5.41) is 19.8. The third-order valence-corrected chi connectivity index (χ3v) is 1.18. The summed E-state index contributed by atoms with van der Waals surface area (Å²) in [4.78, 5) is 0. The van der Waals surface area contributed by atoms with Crippen LogP contribution in [0.2, 0.25) is 0 Å². The van der Waals surface area contributed by atoms with Crippen LogP contribution in [-0.4, -0.2) is 42.7 Å². The lowest BCUT2D eigenvalue weighted by Gasteiger charge is -2.11. The highest BCUT2D eigenvalue weighted by Crippen LogP contribution is 1.82. The lowest BCUT2D eigenvalue weighted by Crippen LogP contribution is -2.36. The van der Waals surface area contributed by atoms with Gasteiger partial charge in [0.1, 0.15) is 0 Å². The molecule has 0 aromatic heterocycles. The van der Waals surface area contributed by atoms with Crippen LogP contribution in [0.5, 0.6) is 0 Å². The molecule has 0 unspecified atom stereocenters. The number of hydrogen-bond donors (Lipinski definition) is 3. The minimum absolute atomic E-state index is 0.108. The summed E-state index contributed by atoms with van der Waals surface area (Å²) in [5.41, 5.74) is 0. The molecule has 0 fully saturated rings. The third kappa shape index (κ3) is 4.67. The van der Waals surface area contributed by atoms with Gasteiger partial charge in [-0.15, -0.1) is 0 Å². The maximum atomic E-state index is 11.5. The maximum Gasteiger partial charge on any atom is 0.0906 e. The maximum absolute atomic E-state index is 11.5. The number of alkyl halides is 1. The summed E-state index contributed by atoms with van der Waals surface area (Å²) in [7, 11) is 0. The minimum Gasteiger partial charge on any atom is -0.395 e. The predicted octanol–water partition coefficient (Wildman–Crippen LogP) is -0.711. The minimum atomic E-state index is -0.365. The molecule has 62 valence electrons. The van der Waals surface area contributed by atoms with Crippen molar-refractivity contribution in [2.24, 2.45) is 0 Å². The van der Waals surface area contributed by atoms with Gasteiger partial charge in [0.05, 0.1) is 25.9 Å². The monoisotopic (exact) mass is 151 g/mol. The highest BCUT2D eigenvalue weighted by molar-refractivity contribution is 4.62. The highest BCUT2D eigenvalue weighted by atomic mass is 19.1. The fourth-order valence-electron chi connectivity index (χ4n) is 0.560. The molecule has 0 aromatic rings. The number of nitrogens with one attached hydrogen (secondary N) is 1. The molecule has 0 aliphatic rings. The Labute approximate surface area is 59.9 Å². The van der Waals surface area contributed by atoms with Crippen LogP contribution >= 0.6 is 0 Å². The molecule has 10 heavy (non-hydrogen) atoms. The molecule has 4 heteroatoms. The molecule has 0 rings (SSSR count). The summed E-state index contributed by atoms with van der Waals surface area (Å²) >= 11 is 0. The molecule has 0 heterocycles. The van der Waals surface area contributed by atoms with Gasteiger partial charge in [-0.2, -0.15) is 0 Å². The van der Waals surface area contributed by atoms with Crippen molar-refractivity contribution in [3.05, 3.63) is 0 Å². The molecule has 0 aromatic carbocycles. The number of aliphatic hydroxyl groups is 2. The van der Waals surface area contributed by atoms with Crippen LogP contribution in [-0.2, 0) is 0 Å². The number of rotatable bonds is 6. The van der Waals surface area contributed by atoms with Gasteiger partial charge in [0.25, 0.3) is 0 Å². The Morgan fingerprint density at radius 3 is 2.30 bits per heavy atom. The van der Waals surface area contributed by atoms with Gasteiger partial charge >= 0.3 is 0 Å². The van der Waals surface area contributed by atoms with Crippen LogP contribution in [0.15, 0.2) is 0 Å². The standard InChI is InChI=1S/C6H14FNO2/c7-2-1-3-8-6(4-9)5-10/h6,8-10H,1-5H2. The molecule has 0 saturated heterocycles. The third-order valence-electron chi connectivity index (χ3n) is 1.18. The smallest absolute Gasteiger partial charge is 0.0906 e. The number of halogens is 1. The fourth-order valence-corrected chi connectivity index (χ4v) is 0.560. The Balaban J connectivity index is 3.09. The Kier molecular flexibility index (Phi) is 6.79. The summed E-state index contributed by atoms with van der Waals surface area (Å²) in [5.74, 6) is 0. The Bertz CT molecular complexity index is 68.8. The Morgan fingerprint density at radius 1 is 1.30 bits per heavy atom. The van der Waals surface area contributed by atoms with Crippen LogP contribution < -0.4 is 5.32 Å². The van der Waals surface area contributed by atoms with Crippen molar-refractivity contribution < 1.29 is 14.6 Å². The van der Waals surface area contributed by atoms with Crippen LogP contribution in [0, 0.1) is 0 Å². The number of hydrogen-bond acceptors (Lipinski definition) is 3. The van der Waals surface area contributed by atoms with Crippen molar-refractivity contribution in [3.63, 3.8) is 0 Å². The van der Waals surface area contributed by atoms with Crippen LogP contribution in [0.1, 0.15) is 6.42 Å². The molecule has 0 aliphatic heterocycles. The van der Waals surface area contributed by atoms with Crippen molar-refractivity contribution in [1.82, 2.24) is 5.32 Å². The van der Waals surface area contributed by atoms with Crippen LogP contribution in [0.3, 0.4) is 0 Å². The molecular formula is C6H14FNO2.